The average molecular weight is 266 g/mol. The summed E-state index contributed by atoms with van der Waals surface area (Å²) in [6.07, 6.45) is 0. The molecule has 0 aliphatic heterocycles. The van der Waals surface area contributed by atoms with Crippen LogP contribution >= 0.6 is 0 Å². The minimum atomic E-state index is -0.655. The summed E-state index contributed by atoms with van der Waals surface area (Å²) in [5.74, 6) is -0.419. The normalized spacial score (nSPS) is 11.2. The third-order valence-electron chi connectivity index (χ3n) is 2.61. The van der Waals surface area contributed by atoms with Gasteiger partial charge >= 0.3 is 0 Å². The van der Waals surface area contributed by atoms with Crippen molar-refractivity contribution in [3.05, 3.63) is 41.6 Å². The molecular formula is C14H16F2N2O. The summed E-state index contributed by atoms with van der Waals surface area (Å²) in [6, 6.07) is 5.02. The van der Waals surface area contributed by atoms with Gasteiger partial charge in [0.2, 0.25) is 0 Å². The van der Waals surface area contributed by atoms with Gasteiger partial charge in [0.1, 0.15) is 11.6 Å². The highest BCUT2D eigenvalue weighted by molar-refractivity contribution is 5.58. The fraction of sp³-hybridized carbons (Fsp3) is 0.357. The van der Waals surface area contributed by atoms with Crippen molar-refractivity contribution >= 4 is 0 Å². The van der Waals surface area contributed by atoms with Crippen molar-refractivity contribution in [1.29, 1.82) is 0 Å². The van der Waals surface area contributed by atoms with Crippen LogP contribution < -0.4 is 5.32 Å². The fourth-order valence-corrected chi connectivity index (χ4v) is 1.70. The zero-order valence-electron chi connectivity index (χ0n) is 10.9. The number of nitrogens with zero attached hydrogens (tertiary/aromatic N) is 1. The molecule has 0 saturated carbocycles. The molecule has 1 heterocycles. The lowest BCUT2D eigenvalue weighted by Crippen LogP contribution is -2.18. The molecular weight excluding hydrogens is 250 g/mol. The van der Waals surface area contributed by atoms with Crippen molar-refractivity contribution in [2.75, 3.05) is 6.54 Å². The van der Waals surface area contributed by atoms with Crippen molar-refractivity contribution < 1.29 is 13.3 Å². The van der Waals surface area contributed by atoms with E-state index in [1.165, 1.54) is 12.1 Å². The lowest BCUT2D eigenvalue weighted by molar-refractivity contribution is 0.416. The van der Waals surface area contributed by atoms with Gasteiger partial charge in [0.05, 0.1) is 11.3 Å². The van der Waals surface area contributed by atoms with Crippen LogP contribution in [0.15, 0.2) is 28.8 Å². The second-order valence-corrected chi connectivity index (χ2v) is 4.83. The first-order valence-electron chi connectivity index (χ1n) is 6.18. The summed E-state index contributed by atoms with van der Waals surface area (Å²) in [5, 5.41) is 7.07. The van der Waals surface area contributed by atoms with Crippen LogP contribution in [0.4, 0.5) is 8.78 Å². The molecule has 1 aromatic carbocycles. The predicted octanol–water partition coefficient (Wildman–Crippen LogP) is 3.37. The lowest BCUT2D eigenvalue weighted by atomic mass is 10.1. The summed E-state index contributed by atoms with van der Waals surface area (Å²) in [6.45, 7) is 5.64. The Bertz CT molecular complexity index is 552. The van der Waals surface area contributed by atoms with Crippen LogP contribution in [0, 0.1) is 17.6 Å². The van der Waals surface area contributed by atoms with Crippen LogP contribution in [0.1, 0.15) is 19.5 Å². The van der Waals surface area contributed by atoms with Crippen LogP contribution in [-0.2, 0) is 6.54 Å². The van der Waals surface area contributed by atoms with Crippen LogP contribution in [0.5, 0.6) is 0 Å². The van der Waals surface area contributed by atoms with E-state index in [0.717, 1.165) is 12.6 Å². The molecule has 0 radical (unpaired) electrons. The molecule has 1 N–H and O–H groups in total. The first-order chi connectivity index (χ1) is 9.06. The minimum Gasteiger partial charge on any atom is -0.356 e. The molecule has 0 saturated heterocycles. The number of halogens is 2. The van der Waals surface area contributed by atoms with Crippen molar-refractivity contribution in [2.24, 2.45) is 5.92 Å². The molecule has 1 aromatic heterocycles. The standard InChI is InChI=1S/C14H16F2N2O/c1-9(2)7-17-8-11-6-14(19-18-11)12-4-3-10(15)5-13(12)16/h3-6,9,17H,7-8H2,1-2H3. The quantitative estimate of drug-likeness (QED) is 0.901. The van der Waals surface area contributed by atoms with E-state index in [-0.39, 0.29) is 5.56 Å². The predicted molar refractivity (Wildman–Crippen MR) is 68.4 cm³/mol. The topological polar surface area (TPSA) is 38.1 Å². The molecule has 5 heteroatoms. The highest BCUT2D eigenvalue weighted by Crippen LogP contribution is 2.24. The third kappa shape index (κ3) is 3.61. The van der Waals surface area contributed by atoms with E-state index in [1.807, 2.05) is 0 Å². The first-order valence-corrected chi connectivity index (χ1v) is 6.18. The zero-order valence-corrected chi connectivity index (χ0v) is 10.9. The van der Waals surface area contributed by atoms with E-state index < -0.39 is 11.6 Å². The molecule has 0 bridgehead atoms. The Labute approximate surface area is 110 Å². The van der Waals surface area contributed by atoms with Gasteiger partial charge in [-0.15, -0.1) is 0 Å². The van der Waals surface area contributed by atoms with Crippen LogP contribution in [-0.4, -0.2) is 11.7 Å². The SMILES string of the molecule is CC(C)CNCc1cc(-c2ccc(F)cc2F)on1. The van der Waals surface area contributed by atoms with Crippen LogP contribution in [0.3, 0.4) is 0 Å². The van der Waals surface area contributed by atoms with Gasteiger partial charge in [-0.25, -0.2) is 8.78 Å². The molecule has 2 aromatic rings. The van der Waals surface area contributed by atoms with E-state index in [4.69, 9.17) is 4.52 Å². The Balaban J connectivity index is 2.08. The molecule has 0 aliphatic carbocycles. The lowest BCUT2D eigenvalue weighted by Gasteiger charge is -2.04. The maximum Gasteiger partial charge on any atom is 0.170 e. The van der Waals surface area contributed by atoms with Gasteiger partial charge in [-0.1, -0.05) is 19.0 Å². The van der Waals surface area contributed by atoms with Crippen LogP contribution in [0.2, 0.25) is 0 Å². The smallest absolute Gasteiger partial charge is 0.170 e. The third-order valence-corrected chi connectivity index (χ3v) is 2.61. The van der Waals surface area contributed by atoms with Gasteiger partial charge in [0.15, 0.2) is 5.76 Å². The Kier molecular flexibility index (Phi) is 4.27. The summed E-state index contributed by atoms with van der Waals surface area (Å²) >= 11 is 0. The van der Waals surface area contributed by atoms with Crippen molar-refractivity contribution in [2.45, 2.75) is 20.4 Å². The van der Waals surface area contributed by atoms with Crippen molar-refractivity contribution in [1.82, 2.24) is 10.5 Å². The van der Waals surface area contributed by atoms with E-state index in [1.54, 1.807) is 6.07 Å². The molecule has 102 valence electrons. The minimum absolute atomic E-state index is 0.212. The number of rotatable bonds is 5. The molecule has 0 atom stereocenters. The van der Waals surface area contributed by atoms with Gasteiger partial charge in [0.25, 0.3) is 0 Å². The van der Waals surface area contributed by atoms with Gasteiger partial charge in [-0.2, -0.15) is 0 Å². The molecule has 19 heavy (non-hydrogen) atoms. The molecule has 0 unspecified atom stereocenters. The molecule has 0 amide bonds. The molecule has 0 spiro atoms. The number of aromatic nitrogens is 1. The fourth-order valence-electron chi connectivity index (χ4n) is 1.70. The Morgan fingerprint density at radius 2 is 2.05 bits per heavy atom. The highest BCUT2D eigenvalue weighted by Gasteiger charge is 2.12. The van der Waals surface area contributed by atoms with E-state index in [9.17, 15) is 8.78 Å². The summed E-state index contributed by atoms with van der Waals surface area (Å²) in [4.78, 5) is 0. The Morgan fingerprint density at radius 3 is 2.74 bits per heavy atom. The monoisotopic (exact) mass is 266 g/mol. The van der Waals surface area contributed by atoms with Crippen LogP contribution in [0.25, 0.3) is 11.3 Å². The number of nitrogens with one attached hydrogen (secondary N) is 1. The summed E-state index contributed by atoms with van der Waals surface area (Å²) in [5.41, 5.74) is 0.906. The van der Waals surface area contributed by atoms with Gasteiger partial charge in [-0.3, -0.25) is 0 Å². The van der Waals surface area contributed by atoms with E-state index in [0.29, 0.717) is 23.9 Å². The molecule has 2 rings (SSSR count). The Hall–Kier alpha value is -1.75. The molecule has 0 fully saturated rings. The van der Waals surface area contributed by atoms with Gasteiger partial charge in [-0.05, 0) is 24.6 Å². The van der Waals surface area contributed by atoms with Crippen molar-refractivity contribution in [3.8, 4) is 11.3 Å². The van der Waals surface area contributed by atoms with E-state index >= 15 is 0 Å². The second-order valence-electron chi connectivity index (χ2n) is 4.83. The highest BCUT2D eigenvalue weighted by atomic mass is 19.1. The zero-order chi connectivity index (χ0) is 13.8. The van der Waals surface area contributed by atoms with Gasteiger partial charge < -0.3 is 9.84 Å². The molecule has 0 aliphatic rings. The maximum absolute atomic E-state index is 13.6. The summed E-state index contributed by atoms with van der Waals surface area (Å²) < 4.78 is 31.5. The maximum atomic E-state index is 13.6. The number of hydrogen-bond donors (Lipinski definition) is 1. The van der Waals surface area contributed by atoms with Gasteiger partial charge in [0, 0.05) is 18.7 Å². The van der Waals surface area contributed by atoms with Crippen molar-refractivity contribution in [3.63, 3.8) is 0 Å². The average Bonchev–Trinajstić information content (AvgIpc) is 2.77. The number of hydrogen-bond acceptors (Lipinski definition) is 3. The summed E-state index contributed by atoms with van der Waals surface area (Å²) in [7, 11) is 0. The number of benzene rings is 1. The molecule has 3 nitrogen and oxygen atoms in total. The first kappa shape index (κ1) is 13.7. The Morgan fingerprint density at radius 1 is 1.26 bits per heavy atom. The second kappa shape index (κ2) is 5.93. The van der Waals surface area contributed by atoms with E-state index in [2.05, 4.69) is 24.3 Å². The largest absolute Gasteiger partial charge is 0.356 e.